The molecular formula is C51H66N18O3. The quantitative estimate of drug-likeness (QED) is 0.152. The highest BCUT2D eigenvalue weighted by atomic mass is 16.2. The van der Waals surface area contributed by atoms with Gasteiger partial charge in [0.05, 0.1) is 39.7 Å². The first-order chi connectivity index (χ1) is 42.9. The summed E-state index contributed by atoms with van der Waals surface area (Å²) in [5.74, 6) is -6.27. The van der Waals surface area contributed by atoms with Crippen LogP contribution in [0.25, 0.3) is 47.6 Å². The van der Waals surface area contributed by atoms with E-state index < -0.39 is 113 Å². The molecule has 6 atom stereocenters. The highest BCUT2D eigenvalue weighted by Gasteiger charge is 2.36. The van der Waals surface area contributed by atoms with Crippen LogP contribution < -0.4 is 14.7 Å². The van der Waals surface area contributed by atoms with Gasteiger partial charge in [0.15, 0.2) is 0 Å². The number of anilines is 3. The van der Waals surface area contributed by atoms with Gasteiger partial charge in [-0.2, -0.15) is 0 Å². The number of fused-ring (bicyclic) bond motifs is 3. The van der Waals surface area contributed by atoms with Crippen LogP contribution in [-0.4, -0.2) is 175 Å². The second kappa shape index (κ2) is 22.9. The van der Waals surface area contributed by atoms with Crippen LogP contribution in [0.1, 0.15) is 85.8 Å². The van der Waals surface area contributed by atoms with Crippen LogP contribution in [0.2, 0.25) is 0 Å². The average Bonchev–Trinajstić information content (AvgIpc) is 1.68. The van der Waals surface area contributed by atoms with Gasteiger partial charge in [0.2, 0.25) is 0 Å². The van der Waals surface area contributed by atoms with Crippen molar-refractivity contribution in [2.24, 2.45) is 17.7 Å². The number of aromatic amines is 3. The number of nitrogens with zero attached hydrogens (tertiary/aromatic N) is 15. The second-order valence-electron chi connectivity index (χ2n) is 17.3. The number of H-pyrrole nitrogens is 3. The van der Waals surface area contributed by atoms with Crippen molar-refractivity contribution in [2.75, 3.05) is 94.5 Å². The Bertz CT molecular complexity index is 3980. The van der Waals surface area contributed by atoms with E-state index in [2.05, 4.69) is 59.4 Å². The van der Waals surface area contributed by atoms with Crippen LogP contribution in [0.4, 0.5) is 17.5 Å². The van der Waals surface area contributed by atoms with Crippen LogP contribution in [0.15, 0.2) is 37.0 Å². The lowest BCUT2D eigenvalue weighted by Gasteiger charge is -2.41. The standard InChI is InChI=1S/3C17H22N6O/c3*1-11-5-6-23(15(24)8-18-3)9-14(11)22(4)17-13-7-12(2)21-16(13)19-10-20-17/h3*7,10-11,14H,5-6,8-9H2,1-2,4H3,(H,19,20,21)/t3*11-,14+/m111/s1/i1D3,4D3,7D,10D,11D;4D3,7D,10D,14D;4D3,7D,10D,11D. The summed E-state index contributed by atoms with van der Waals surface area (Å²) in [6, 6.07) is -4.55. The van der Waals surface area contributed by atoms with E-state index >= 15 is 0 Å². The molecule has 9 heterocycles. The predicted octanol–water partition coefficient (Wildman–Crippen LogP) is 5.58. The maximum Gasteiger partial charge on any atom is 0.302 e. The minimum Gasteiger partial charge on any atom is -0.354 e. The highest BCUT2D eigenvalue weighted by molar-refractivity contribution is 5.90. The average molecular weight is 1000 g/mol. The normalized spacial score (nSPS) is 28.8. The molecule has 0 saturated carbocycles. The van der Waals surface area contributed by atoms with E-state index in [9.17, 15) is 14.4 Å². The molecule has 0 unspecified atom stereocenters. The Morgan fingerprint density at radius 3 is 1.39 bits per heavy atom. The summed E-state index contributed by atoms with van der Waals surface area (Å²) in [6.07, 6.45) is -1.23. The van der Waals surface area contributed by atoms with Crippen LogP contribution >= 0.6 is 0 Å². The van der Waals surface area contributed by atoms with Crippen LogP contribution in [0, 0.1) is 58.2 Å². The van der Waals surface area contributed by atoms with E-state index in [4.69, 9.17) is 48.5 Å². The lowest BCUT2D eigenvalue weighted by molar-refractivity contribution is -0.131. The third-order valence-corrected chi connectivity index (χ3v) is 12.4. The predicted molar refractivity (Wildman–Crippen MR) is 278 cm³/mol. The number of carbonyl (C=O) groups is 3. The van der Waals surface area contributed by atoms with Gasteiger partial charge in [-0.1, -0.05) is 20.7 Å². The largest absolute Gasteiger partial charge is 0.354 e. The molecule has 3 aliphatic rings. The van der Waals surface area contributed by atoms with E-state index in [1.165, 1.54) is 14.7 Å². The molecule has 6 aromatic heterocycles. The van der Waals surface area contributed by atoms with E-state index in [1.54, 1.807) is 34.6 Å². The Balaban J connectivity index is 0.000000198. The molecule has 3 aliphatic heterocycles. The summed E-state index contributed by atoms with van der Waals surface area (Å²) >= 11 is 0. The zero-order chi connectivity index (χ0) is 69.8. The molecule has 21 heteroatoms. The molecule has 3 N–H and O–H groups in total. The van der Waals surface area contributed by atoms with Gasteiger partial charge >= 0.3 is 17.7 Å². The third kappa shape index (κ3) is 11.5. The molecule has 3 fully saturated rings. The third-order valence-electron chi connectivity index (χ3n) is 12.4. The van der Waals surface area contributed by atoms with E-state index in [1.807, 2.05) is 0 Å². The smallest absolute Gasteiger partial charge is 0.302 e. The minimum absolute atomic E-state index is 0.0117. The van der Waals surface area contributed by atoms with E-state index in [0.717, 1.165) is 9.80 Å². The Morgan fingerprint density at radius 1 is 0.611 bits per heavy atom. The van der Waals surface area contributed by atoms with Gasteiger partial charge in [-0.3, -0.25) is 14.4 Å². The van der Waals surface area contributed by atoms with E-state index in [-0.39, 0.29) is 121 Å². The van der Waals surface area contributed by atoms with Gasteiger partial charge in [-0.15, -0.1) is 0 Å². The van der Waals surface area contributed by atoms with Crippen molar-refractivity contribution in [3.05, 3.63) is 88.4 Å². The number of likely N-dealkylation sites (tertiary alicyclic amines) is 3. The highest BCUT2D eigenvalue weighted by Crippen LogP contribution is 2.32. The van der Waals surface area contributed by atoms with Crippen molar-refractivity contribution in [3.8, 4) is 0 Å². The number of hydrogen-bond acceptors (Lipinski definition) is 12. The summed E-state index contributed by atoms with van der Waals surface area (Å²) in [6.45, 7) is 15.8. The molecule has 0 aliphatic carbocycles. The lowest BCUT2D eigenvalue weighted by Crippen LogP contribution is -2.53. The molecule has 3 amide bonds. The number of hydrogen-bond donors (Lipinski definition) is 3. The minimum atomic E-state index is -3.04. The first-order valence-electron chi connectivity index (χ1n) is 33.1. The molecular weight excluding hydrogens is 913 g/mol. The van der Waals surface area contributed by atoms with Crippen molar-refractivity contribution >= 4 is 68.3 Å². The number of nitrogens with one attached hydrogen (secondary N) is 3. The Labute approximate surface area is 450 Å². The fraction of sp³-hybridized carbons (Fsp3) is 0.529. The SMILES string of the molecule is [2H]c1nc(N(C([2H])([2H])[2H])[C@@]2([2H])CN(C(=O)C[N+]#[C-])CC[C@H]2C)c2c([2H])c(C)[nH]c2n1.[2H]c1nc(N([C@H]2CN(C(=O)C[N+]#[C-])CC[C@@]2([2H])C([2H])([2H])[2H])C([2H])([2H])[2H])c2c([2H])c(C)[nH]c2n1.[2H]c1nc(N([C@H]2CN(C(=O)C[N+]#[C-])CC[C@@]2([2H])C)C([2H])([2H])[2H])c2c([2H])c(C)[nH]c2n1. The van der Waals surface area contributed by atoms with Crippen molar-refractivity contribution < 1.29 is 43.2 Å². The van der Waals surface area contributed by atoms with Crippen molar-refractivity contribution in [2.45, 2.75) is 78.8 Å². The summed E-state index contributed by atoms with van der Waals surface area (Å²) in [7, 11) is 0. The fourth-order valence-corrected chi connectivity index (χ4v) is 8.48. The molecule has 0 radical (unpaired) electrons. The fourth-order valence-electron chi connectivity index (χ4n) is 8.48. The Hall–Kier alpha value is -7.86. The number of piperidine rings is 3. The van der Waals surface area contributed by atoms with Crippen molar-refractivity contribution in [1.82, 2.24) is 59.6 Å². The van der Waals surface area contributed by atoms with Crippen LogP contribution in [-0.2, 0) is 14.4 Å². The Kier molecular flexibility index (Phi) is 9.80. The molecule has 0 bridgehead atoms. The molecule has 0 aromatic carbocycles. The number of carbonyl (C=O) groups excluding carboxylic acids is 3. The molecule has 378 valence electrons. The first-order valence-corrected chi connectivity index (χ1v) is 22.6. The number of amides is 3. The maximum atomic E-state index is 12.4. The van der Waals surface area contributed by atoms with Crippen LogP contribution in [0.5, 0.6) is 0 Å². The molecule has 0 spiro atoms. The summed E-state index contributed by atoms with van der Waals surface area (Å²) in [5.41, 5.74) is 1.56. The monoisotopic (exact) mass is 1000 g/mol. The molecule has 6 aromatic rings. The molecule has 21 nitrogen and oxygen atoms in total. The van der Waals surface area contributed by atoms with Gasteiger partial charge < -0.3 is 58.9 Å². The van der Waals surface area contributed by atoms with Crippen molar-refractivity contribution in [1.29, 1.82) is 0 Å². The number of likely N-dealkylation sites (N-methyl/N-ethyl adjacent to an activating group) is 3. The molecule has 9 rings (SSSR count). The first kappa shape index (κ1) is 30.8. The Morgan fingerprint density at radius 2 is 0.986 bits per heavy atom. The van der Waals surface area contributed by atoms with Gasteiger partial charge in [0, 0.05) is 96.5 Å². The number of aryl methyl sites for hydroxylation is 3. The van der Waals surface area contributed by atoms with Gasteiger partial charge in [-0.25, -0.2) is 49.6 Å². The molecule has 72 heavy (non-hydrogen) atoms. The summed E-state index contributed by atoms with van der Waals surface area (Å²) in [5, 5.41) is 0.236. The second-order valence-corrected chi connectivity index (χ2v) is 17.3. The summed E-state index contributed by atoms with van der Waals surface area (Å²) in [4.78, 5) is 84.9. The zero-order valence-corrected chi connectivity index (χ0v) is 40.2. The maximum absolute atomic E-state index is 12.4. The molecule has 3 saturated heterocycles. The van der Waals surface area contributed by atoms with Gasteiger partial charge in [0.25, 0.3) is 19.6 Å². The van der Waals surface area contributed by atoms with Gasteiger partial charge in [0.1, 0.15) is 57.4 Å². The van der Waals surface area contributed by atoms with Gasteiger partial charge in [-0.05, 0) is 75.9 Å². The lowest BCUT2D eigenvalue weighted by atomic mass is 9.92. The number of aromatic nitrogens is 9. The topological polar surface area (TPSA) is 208 Å². The summed E-state index contributed by atoms with van der Waals surface area (Å²) < 4.78 is 173. The zero-order valence-electron chi connectivity index (χ0n) is 61.2. The van der Waals surface area contributed by atoms with Crippen molar-refractivity contribution in [3.63, 3.8) is 0 Å². The van der Waals surface area contributed by atoms with E-state index in [0.29, 0.717) is 34.9 Å². The van der Waals surface area contributed by atoms with Crippen LogP contribution in [0.3, 0.4) is 0 Å². The number of rotatable bonds is 9.